The van der Waals surface area contributed by atoms with Gasteiger partial charge in [-0.1, -0.05) is 30.3 Å². The minimum absolute atomic E-state index is 0. The van der Waals surface area contributed by atoms with Crippen LogP contribution in [0.3, 0.4) is 0 Å². The number of fused-ring (bicyclic) bond motifs is 1. The Morgan fingerprint density at radius 1 is 1.14 bits per heavy atom. The van der Waals surface area contributed by atoms with Crippen molar-refractivity contribution in [2.45, 2.75) is 6.54 Å². The van der Waals surface area contributed by atoms with Gasteiger partial charge in [-0.3, -0.25) is 9.78 Å². The van der Waals surface area contributed by atoms with Crippen molar-refractivity contribution in [2.24, 2.45) is 0 Å². The number of nitriles is 1. The number of nitrogens with one attached hydrogen (secondary N) is 2. The Balaban J connectivity index is 0.00000161. The Bertz CT molecular complexity index is 931. The Kier molecular flexibility index (Phi) is 3.96. The quantitative estimate of drug-likeness (QED) is 0.748. The van der Waals surface area contributed by atoms with E-state index in [9.17, 15) is 9.59 Å². The highest BCUT2D eigenvalue weighted by Crippen LogP contribution is 2.15. The number of halogens is 1. The number of hydrogen-bond acceptors (Lipinski definition) is 3. The van der Waals surface area contributed by atoms with Gasteiger partial charge >= 0.3 is 5.69 Å². The van der Waals surface area contributed by atoms with E-state index in [-0.39, 0.29) is 23.5 Å². The lowest BCUT2D eigenvalue weighted by Crippen LogP contribution is -2.23. The first-order chi connectivity index (χ1) is 9.69. The molecule has 0 aliphatic heterocycles. The monoisotopic (exact) mass is 302 g/mol. The summed E-state index contributed by atoms with van der Waals surface area (Å²) in [6, 6.07) is 11.6. The molecule has 3 aromatic rings. The van der Waals surface area contributed by atoms with Gasteiger partial charge in [0, 0.05) is 12.7 Å². The maximum atomic E-state index is 11.9. The zero-order valence-corrected chi connectivity index (χ0v) is 11.6. The van der Waals surface area contributed by atoms with Crippen molar-refractivity contribution in [3.63, 3.8) is 0 Å². The Labute approximate surface area is 125 Å². The summed E-state index contributed by atoms with van der Waals surface area (Å²) < 4.78 is 1.66. The van der Waals surface area contributed by atoms with Crippen LogP contribution in [0.5, 0.6) is 0 Å². The first-order valence-corrected chi connectivity index (χ1v) is 5.98. The van der Waals surface area contributed by atoms with Crippen LogP contribution in [-0.2, 0) is 6.54 Å². The van der Waals surface area contributed by atoms with Gasteiger partial charge in [-0.2, -0.15) is 5.26 Å². The number of aromatic nitrogens is 3. The van der Waals surface area contributed by atoms with Crippen molar-refractivity contribution < 1.29 is 0 Å². The summed E-state index contributed by atoms with van der Waals surface area (Å²) in [5.41, 5.74) is 0.735. The highest BCUT2D eigenvalue weighted by atomic mass is 35.5. The molecule has 2 heterocycles. The molecule has 0 saturated carbocycles. The summed E-state index contributed by atoms with van der Waals surface area (Å²) in [4.78, 5) is 27.9. The van der Waals surface area contributed by atoms with Crippen LogP contribution in [0.4, 0.5) is 0 Å². The van der Waals surface area contributed by atoms with E-state index in [4.69, 9.17) is 5.26 Å². The van der Waals surface area contributed by atoms with Crippen molar-refractivity contribution in [3.8, 4) is 6.07 Å². The normalized spacial score (nSPS) is 10.0. The second-order valence-corrected chi connectivity index (χ2v) is 4.40. The van der Waals surface area contributed by atoms with Gasteiger partial charge in [0.25, 0.3) is 5.56 Å². The SMILES string of the molecule is Cl.N#Cc1cn(Cc2ccccc2)c2c(=O)[nH]c(=O)[nH]c12. The first-order valence-electron chi connectivity index (χ1n) is 5.98. The number of benzene rings is 1. The molecule has 0 bridgehead atoms. The zero-order valence-electron chi connectivity index (χ0n) is 10.8. The van der Waals surface area contributed by atoms with Crippen molar-refractivity contribution in [1.82, 2.24) is 14.5 Å². The average Bonchev–Trinajstić information content (AvgIpc) is 2.78. The number of H-pyrrole nitrogens is 2. The molecule has 6 nitrogen and oxygen atoms in total. The molecule has 0 amide bonds. The molecule has 0 atom stereocenters. The molecular formula is C14H11ClN4O2. The fourth-order valence-corrected chi connectivity index (χ4v) is 2.22. The molecule has 1 aromatic carbocycles. The van der Waals surface area contributed by atoms with Crippen LogP contribution < -0.4 is 11.2 Å². The van der Waals surface area contributed by atoms with E-state index in [0.717, 1.165) is 5.56 Å². The molecular weight excluding hydrogens is 292 g/mol. The lowest BCUT2D eigenvalue weighted by Gasteiger charge is -2.04. The second kappa shape index (κ2) is 5.69. The lowest BCUT2D eigenvalue weighted by molar-refractivity contribution is 0.828. The van der Waals surface area contributed by atoms with Crippen LogP contribution in [0.1, 0.15) is 11.1 Å². The maximum Gasteiger partial charge on any atom is 0.326 e. The third kappa shape index (κ3) is 2.59. The molecule has 0 aliphatic rings. The van der Waals surface area contributed by atoms with Crippen molar-refractivity contribution in [3.05, 3.63) is 68.5 Å². The lowest BCUT2D eigenvalue weighted by atomic mass is 10.2. The van der Waals surface area contributed by atoms with Crippen LogP contribution in [0.15, 0.2) is 46.1 Å². The van der Waals surface area contributed by atoms with Gasteiger partial charge in [-0.05, 0) is 5.56 Å². The molecule has 2 N–H and O–H groups in total. The summed E-state index contributed by atoms with van der Waals surface area (Å²) in [6.07, 6.45) is 1.57. The second-order valence-electron chi connectivity index (χ2n) is 4.40. The van der Waals surface area contributed by atoms with Crippen LogP contribution >= 0.6 is 12.4 Å². The van der Waals surface area contributed by atoms with Crippen molar-refractivity contribution >= 4 is 23.4 Å². The van der Waals surface area contributed by atoms with E-state index in [1.54, 1.807) is 10.8 Å². The third-order valence-corrected chi connectivity index (χ3v) is 3.08. The zero-order chi connectivity index (χ0) is 14.1. The minimum atomic E-state index is -0.614. The summed E-state index contributed by atoms with van der Waals surface area (Å²) in [6.45, 7) is 0.453. The molecule has 0 radical (unpaired) electrons. The smallest absolute Gasteiger partial charge is 0.326 e. The Morgan fingerprint density at radius 2 is 1.86 bits per heavy atom. The average molecular weight is 303 g/mol. The number of hydrogen-bond donors (Lipinski definition) is 2. The van der Waals surface area contributed by atoms with Crippen LogP contribution in [0.25, 0.3) is 11.0 Å². The van der Waals surface area contributed by atoms with E-state index in [1.165, 1.54) is 0 Å². The summed E-state index contributed by atoms with van der Waals surface area (Å²) in [5.74, 6) is 0. The topological polar surface area (TPSA) is 94.4 Å². The number of aromatic amines is 2. The van der Waals surface area contributed by atoms with E-state index in [1.807, 2.05) is 36.4 Å². The fraction of sp³-hybridized carbons (Fsp3) is 0.0714. The molecule has 0 aliphatic carbocycles. The Hall–Kier alpha value is -2.78. The van der Waals surface area contributed by atoms with E-state index >= 15 is 0 Å². The van der Waals surface area contributed by atoms with E-state index in [2.05, 4.69) is 9.97 Å². The molecule has 2 aromatic heterocycles. The summed E-state index contributed by atoms with van der Waals surface area (Å²) >= 11 is 0. The molecule has 0 fully saturated rings. The fourth-order valence-electron chi connectivity index (χ4n) is 2.22. The highest BCUT2D eigenvalue weighted by Gasteiger charge is 2.13. The molecule has 3 rings (SSSR count). The molecule has 0 spiro atoms. The number of rotatable bonds is 2. The molecule has 21 heavy (non-hydrogen) atoms. The van der Waals surface area contributed by atoms with Gasteiger partial charge in [-0.15, -0.1) is 12.4 Å². The van der Waals surface area contributed by atoms with Gasteiger partial charge in [0.2, 0.25) is 0 Å². The maximum absolute atomic E-state index is 11.9. The third-order valence-electron chi connectivity index (χ3n) is 3.08. The molecule has 7 heteroatoms. The first kappa shape index (κ1) is 14.6. The predicted octanol–water partition coefficient (Wildman–Crippen LogP) is 1.36. The Morgan fingerprint density at radius 3 is 2.52 bits per heavy atom. The van der Waals surface area contributed by atoms with Gasteiger partial charge in [-0.25, -0.2) is 4.79 Å². The standard InChI is InChI=1S/C14H10N4O2.ClH/c15-6-10-8-18(7-9-4-2-1-3-5-9)12-11(10)16-14(20)17-13(12)19;/h1-5,8H,7H2,(H2,16,17,19,20);1H. The van der Waals surface area contributed by atoms with Gasteiger partial charge in [0.15, 0.2) is 0 Å². The van der Waals surface area contributed by atoms with E-state index < -0.39 is 11.2 Å². The molecule has 106 valence electrons. The van der Waals surface area contributed by atoms with Crippen LogP contribution in [0.2, 0.25) is 0 Å². The largest absolute Gasteiger partial charge is 0.336 e. The van der Waals surface area contributed by atoms with Crippen LogP contribution in [-0.4, -0.2) is 14.5 Å². The van der Waals surface area contributed by atoms with Crippen molar-refractivity contribution in [1.29, 1.82) is 5.26 Å². The molecule has 0 unspecified atom stereocenters. The predicted molar refractivity (Wildman–Crippen MR) is 80.7 cm³/mol. The van der Waals surface area contributed by atoms with Crippen molar-refractivity contribution in [2.75, 3.05) is 0 Å². The van der Waals surface area contributed by atoms with Gasteiger partial charge in [0.1, 0.15) is 11.6 Å². The minimum Gasteiger partial charge on any atom is -0.336 e. The highest BCUT2D eigenvalue weighted by molar-refractivity contribution is 5.85. The summed E-state index contributed by atoms with van der Waals surface area (Å²) in [5, 5.41) is 9.10. The molecule has 0 saturated heterocycles. The van der Waals surface area contributed by atoms with Crippen LogP contribution in [0, 0.1) is 11.3 Å². The summed E-state index contributed by atoms with van der Waals surface area (Å²) in [7, 11) is 0. The number of nitrogens with zero attached hydrogens (tertiary/aromatic N) is 2. The van der Waals surface area contributed by atoms with Gasteiger partial charge in [0.05, 0.1) is 11.1 Å². The van der Waals surface area contributed by atoms with Gasteiger partial charge < -0.3 is 9.55 Å². The van der Waals surface area contributed by atoms with E-state index in [0.29, 0.717) is 12.1 Å².